The molecular weight excluding hydrogens is 344 g/mol. The van der Waals surface area contributed by atoms with Gasteiger partial charge in [-0.1, -0.05) is 35.5 Å². The molecule has 0 saturated carbocycles. The number of benzene rings is 1. The highest BCUT2D eigenvalue weighted by Crippen LogP contribution is 2.30. The first kappa shape index (κ1) is 18.4. The van der Waals surface area contributed by atoms with E-state index in [-0.39, 0.29) is 12.5 Å². The van der Waals surface area contributed by atoms with Crippen LogP contribution in [0.25, 0.3) is 11.4 Å². The lowest BCUT2D eigenvalue weighted by Gasteiger charge is -2.33. The third-order valence-electron chi connectivity index (χ3n) is 5.99. The molecule has 0 amide bonds. The number of anilines is 1. The van der Waals surface area contributed by atoms with Crippen molar-refractivity contribution >= 4 is 6.01 Å². The van der Waals surface area contributed by atoms with E-state index in [0.29, 0.717) is 30.3 Å². The van der Waals surface area contributed by atoms with E-state index in [9.17, 15) is 10.2 Å². The number of aromatic nitrogens is 2. The number of hydrogen-bond donors (Lipinski definition) is 2. The van der Waals surface area contributed by atoms with Crippen LogP contribution in [0.1, 0.15) is 12.8 Å². The molecule has 0 unspecified atom stereocenters. The molecule has 7 heteroatoms. The zero-order valence-corrected chi connectivity index (χ0v) is 15.6. The number of aliphatic hydroxyl groups is 2. The van der Waals surface area contributed by atoms with E-state index in [1.165, 1.54) is 0 Å². The van der Waals surface area contributed by atoms with Crippen molar-refractivity contribution in [2.75, 3.05) is 50.8 Å². The van der Waals surface area contributed by atoms with Gasteiger partial charge in [0.1, 0.15) is 0 Å². The summed E-state index contributed by atoms with van der Waals surface area (Å²) in [4.78, 5) is 9.13. The molecule has 2 aromatic rings. The second-order valence-corrected chi connectivity index (χ2v) is 7.80. The van der Waals surface area contributed by atoms with Crippen LogP contribution in [0.5, 0.6) is 0 Å². The van der Waals surface area contributed by atoms with Crippen molar-refractivity contribution in [3.63, 3.8) is 0 Å². The zero-order chi connectivity index (χ0) is 18.6. The highest BCUT2D eigenvalue weighted by atomic mass is 16.5. The Morgan fingerprint density at radius 2 is 1.74 bits per heavy atom. The van der Waals surface area contributed by atoms with Crippen LogP contribution >= 0.6 is 0 Å². The van der Waals surface area contributed by atoms with E-state index >= 15 is 0 Å². The Bertz CT molecular complexity index is 715. The van der Waals surface area contributed by atoms with Gasteiger partial charge in [-0.2, -0.15) is 4.98 Å². The van der Waals surface area contributed by atoms with Crippen LogP contribution in [0.2, 0.25) is 0 Å². The summed E-state index contributed by atoms with van der Waals surface area (Å²) >= 11 is 0. The third-order valence-corrected chi connectivity index (χ3v) is 5.99. The molecule has 1 aromatic heterocycles. The van der Waals surface area contributed by atoms with E-state index in [0.717, 1.165) is 51.1 Å². The number of nitrogens with zero attached hydrogens (tertiary/aromatic N) is 4. The van der Waals surface area contributed by atoms with Gasteiger partial charge in [0.05, 0.1) is 0 Å². The molecule has 0 radical (unpaired) electrons. The van der Waals surface area contributed by atoms with Crippen molar-refractivity contribution in [1.82, 2.24) is 15.0 Å². The van der Waals surface area contributed by atoms with E-state index in [4.69, 9.17) is 4.52 Å². The zero-order valence-electron chi connectivity index (χ0n) is 15.6. The molecule has 27 heavy (non-hydrogen) atoms. The molecule has 0 spiro atoms. The Labute approximate surface area is 159 Å². The van der Waals surface area contributed by atoms with Crippen LogP contribution in [-0.2, 0) is 0 Å². The lowest BCUT2D eigenvalue weighted by Crippen LogP contribution is -2.40. The van der Waals surface area contributed by atoms with E-state index < -0.39 is 0 Å². The molecule has 146 valence electrons. The topological polar surface area (TPSA) is 85.9 Å². The monoisotopic (exact) mass is 372 g/mol. The van der Waals surface area contributed by atoms with Crippen molar-refractivity contribution in [3.05, 3.63) is 30.3 Å². The van der Waals surface area contributed by atoms with E-state index in [1.807, 2.05) is 30.3 Å². The summed E-state index contributed by atoms with van der Waals surface area (Å²) in [5.74, 6) is 1.64. The Morgan fingerprint density at radius 1 is 1.00 bits per heavy atom. The normalized spacial score (nSPS) is 24.6. The van der Waals surface area contributed by atoms with E-state index in [1.54, 1.807) is 0 Å². The van der Waals surface area contributed by atoms with E-state index in [2.05, 4.69) is 19.9 Å². The summed E-state index contributed by atoms with van der Waals surface area (Å²) in [7, 11) is 0. The smallest absolute Gasteiger partial charge is 0.324 e. The van der Waals surface area contributed by atoms with Crippen LogP contribution in [0.15, 0.2) is 34.9 Å². The first-order valence-electron chi connectivity index (χ1n) is 9.85. The first-order valence-corrected chi connectivity index (χ1v) is 9.85. The minimum atomic E-state index is 0.175. The standard InChI is InChI=1S/C20H28N4O3/c25-13-15-6-8-23(9-7-15)10-17-11-24(12-18(17)14-26)20-21-19(22-27-20)16-4-2-1-3-5-16/h1-5,15,17-18,25-26H,6-14H2/t17-,18-/m0/s1. The van der Waals surface area contributed by atoms with Crippen molar-refractivity contribution < 1.29 is 14.7 Å². The molecule has 0 bridgehead atoms. The van der Waals surface area contributed by atoms with Gasteiger partial charge in [-0.3, -0.25) is 0 Å². The number of aliphatic hydroxyl groups excluding tert-OH is 2. The molecule has 2 atom stereocenters. The van der Waals surface area contributed by atoms with Gasteiger partial charge in [0.15, 0.2) is 0 Å². The second-order valence-electron chi connectivity index (χ2n) is 7.80. The summed E-state index contributed by atoms with van der Waals surface area (Å²) in [6, 6.07) is 10.3. The van der Waals surface area contributed by atoms with Crippen molar-refractivity contribution in [1.29, 1.82) is 0 Å². The maximum absolute atomic E-state index is 9.85. The number of likely N-dealkylation sites (tertiary alicyclic amines) is 1. The summed E-state index contributed by atoms with van der Waals surface area (Å²) in [5, 5.41) is 23.3. The minimum absolute atomic E-state index is 0.175. The molecule has 4 rings (SSSR count). The maximum atomic E-state index is 9.85. The first-order chi connectivity index (χ1) is 13.3. The molecule has 2 fully saturated rings. The SMILES string of the molecule is OCC1CCN(C[C@H]2CN(c3nc(-c4ccccc4)no3)C[C@H]2CO)CC1. The van der Waals surface area contributed by atoms with Crippen LogP contribution in [0, 0.1) is 17.8 Å². The fourth-order valence-corrected chi connectivity index (χ4v) is 4.24. The van der Waals surface area contributed by atoms with Crippen LogP contribution in [0.4, 0.5) is 6.01 Å². The fourth-order valence-electron chi connectivity index (χ4n) is 4.24. The van der Waals surface area contributed by atoms with Crippen molar-refractivity contribution in [2.45, 2.75) is 12.8 Å². The molecule has 2 saturated heterocycles. The summed E-state index contributed by atoms with van der Waals surface area (Å²) in [6.07, 6.45) is 2.11. The van der Waals surface area contributed by atoms with Gasteiger partial charge in [0.25, 0.3) is 0 Å². The number of piperidine rings is 1. The largest absolute Gasteiger partial charge is 0.396 e. The van der Waals surface area contributed by atoms with Gasteiger partial charge in [-0.05, 0) is 37.8 Å². The molecule has 7 nitrogen and oxygen atoms in total. The van der Waals surface area contributed by atoms with Gasteiger partial charge >= 0.3 is 6.01 Å². The predicted molar refractivity (Wildman–Crippen MR) is 102 cm³/mol. The molecule has 2 N–H and O–H groups in total. The number of hydrogen-bond acceptors (Lipinski definition) is 7. The Morgan fingerprint density at radius 3 is 2.44 bits per heavy atom. The third kappa shape index (κ3) is 4.15. The van der Waals surface area contributed by atoms with Gasteiger partial charge in [0, 0.05) is 44.3 Å². The molecule has 2 aliphatic heterocycles. The maximum Gasteiger partial charge on any atom is 0.324 e. The summed E-state index contributed by atoms with van der Waals surface area (Å²) in [6.45, 7) is 5.06. The molecule has 2 aliphatic rings. The molecular formula is C20H28N4O3. The van der Waals surface area contributed by atoms with Gasteiger partial charge < -0.3 is 24.5 Å². The van der Waals surface area contributed by atoms with Crippen LogP contribution < -0.4 is 4.90 Å². The van der Waals surface area contributed by atoms with Crippen LogP contribution in [-0.4, -0.2) is 71.2 Å². The highest BCUT2D eigenvalue weighted by molar-refractivity contribution is 5.55. The lowest BCUT2D eigenvalue weighted by molar-refractivity contribution is 0.106. The second kappa shape index (κ2) is 8.37. The molecule has 3 heterocycles. The average molecular weight is 372 g/mol. The Hall–Kier alpha value is -1.96. The summed E-state index contributed by atoms with van der Waals surface area (Å²) in [5.41, 5.74) is 0.939. The van der Waals surface area contributed by atoms with Gasteiger partial charge in [-0.15, -0.1) is 0 Å². The van der Waals surface area contributed by atoms with Crippen LogP contribution in [0.3, 0.4) is 0 Å². The van der Waals surface area contributed by atoms with Crippen molar-refractivity contribution in [3.8, 4) is 11.4 Å². The highest BCUT2D eigenvalue weighted by Gasteiger charge is 2.36. The molecule has 1 aromatic carbocycles. The average Bonchev–Trinajstić information content (AvgIpc) is 3.36. The van der Waals surface area contributed by atoms with Gasteiger partial charge in [-0.25, -0.2) is 0 Å². The predicted octanol–water partition coefficient (Wildman–Crippen LogP) is 1.49. The lowest BCUT2D eigenvalue weighted by atomic mass is 9.93. The quantitative estimate of drug-likeness (QED) is 0.794. The Kier molecular flexibility index (Phi) is 5.71. The molecule has 0 aliphatic carbocycles. The number of rotatable bonds is 6. The van der Waals surface area contributed by atoms with Crippen molar-refractivity contribution in [2.24, 2.45) is 17.8 Å². The van der Waals surface area contributed by atoms with Gasteiger partial charge in [0.2, 0.25) is 5.82 Å². The Balaban J connectivity index is 1.39. The fraction of sp³-hybridized carbons (Fsp3) is 0.600. The minimum Gasteiger partial charge on any atom is -0.396 e. The summed E-state index contributed by atoms with van der Waals surface area (Å²) < 4.78 is 5.50.